The Morgan fingerprint density at radius 2 is 1.87 bits per heavy atom. The largest absolute Gasteiger partial charge is 0.497 e. The van der Waals surface area contributed by atoms with Crippen molar-refractivity contribution in [1.82, 2.24) is 9.21 Å². The van der Waals surface area contributed by atoms with E-state index in [9.17, 15) is 18.3 Å². The number of benzene rings is 2. The van der Waals surface area contributed by atoms with Gasteiger partial charge in [-0.1, -0.05) is 44.4 Å². The summed E-state index contributed by atoms with van der Waals surface area (Å²) in [7, 11) is -0.531. The lowest BCUT2D eigenvalue weighted by molar-refractivity contribution is -0.136. The summed E-state index contributed by atoms with van der Waals surface area (Å²) in [6.07, 6.45) is 4.72. The first-order valence-electron chi connectivity index (χ1n) is 13.5. The van der Waals surface area contributed by atoms with Crippen LogP contribution in [0.5, 0.6) is 11.5 Å². The second-order valence-corrected chi connectivity index (χ2v) is 12.5. The van der Waals surface area contributed by atoms with Crippen LogP contribution in [0.3, 0.4) is 0 Å². The molecule has 2 aromatic rings. The maximum Gasteiger partial charge on any atom is 0.247 e. The highest BCUT2D eigenvalue weighted by Gasteiger charge is 2.39. The van der Waals surface area contributed by atoms with Crippen LogP contribution in [0.2, 0.25) is 0 Å². The zero-order valence-corrected chi connectivity index (χ0v) is 23.6. The molecule has 1 fully saturated rings. The standard InChI is InChI=1S/C29H40N2O6S/c1-20-17-31(21(2)19-32)38(34,35)28-14-13-24(23-11-8-12-25(15-23)36-4)16-26(28)37-27(20)18-30(3)29(33)22-9-6-5-7-10-22/h8,11-16,20-22,27,32H,5-7,9-10,17-19H2,1-4H3/t20-,21+,27+/m0/s1. The molecule has 0 aromatic heterocycles. The smallest absolute Gasteiger partial charge is 0.247 e. The molecule has 2 aromatic carbocycles. The Labute approximate surface area is 226 Å². The number of likely N-dealkylation sites (N-methyl/N-ethyl adjacent to an activating group) is 1. The molecule has 1 saturated carbocycles. The number of nitrogens with zero attached hydrogens (tertiary/aromatic N) is 2. The van der Waals surface area contributed by atoms with Crippen molar-refractivity contribution in [2.24, 2.45) is 11.8 Å². The van der Waals surface area contributed by atoms with E-state index in [1.54, 1.807) is 37.1 Å². The van der Waals surface area contributed by atoms with Crippen molar-refractivity contribution in [2.45, 2.75) is 63.0 Å². The van der Waals surface area contributed by atoms with Crippen molar-refractivity contribution in [2.75, 3.05) is 33.9 Å². The van der Waals surface area contributed by atoms with Gasteiger partial charge < -0.3 is 19.5 Å². The van der Waals surface area contributed by atoms with Crippen LogP contribution >= 0.6 is 0 Å². The molecule has 9 heteroatoms. The molecule has 8 nitrogen and oxygen atoms in total. The quantitative estimate of drug-likeness (QED) is 0.562. The Morgan fingerprint density at radius 1 is 1.16 bits per heavy atom. The zero-order chi connectivity index (χ0) is 27.4. The summed E-state index contributed by atoms with van der Waals surface area (Å²) < 4.78 is 40.7. The highest BCUT2D eigenvalue weighted by atomic mass is 32.2. The predicted molar refractivity (Wildman–Crippen MR) is 147 cm³/mol. The molecule has 0 saturated heterocycles. The highest BCUT2D eigenvalue weighted by molar-refractivity contribution is 7.89. The summed E-state index contributed by atoms with van der Waals surface area (Å²) in [6.45, 7) is 3.87. The van der Waals surface area contributed by atoms with Crippen LogP contribution in [0, 0.1) is 11.8 Å². The number of hydrogen-bond donors (Lipinski definition) is 1. The molecule has 3 atom stereocenters. The molecule has 0 unspecified atom stereocenters. The fourth-order valence-electron chi connectivity index (χ4n) is 5.45. The number of methoxy groups -OCH3 is 1. The fraction of sp³-hybridized carbons (Fsp3) is 0.552. The van der Waals surface area contributed by atoms with Gasteiger partial charge in [0.1, 0.15) is 22.5 Å². The van der Waals surface area contributed by atoms with Crippen molar-refractivity contribution in [3.8, 4) is 22.6 Å². The van der Waals surface area contributed by atoms with Gasteiger partial charge in [-0.2, -0.15) is 4.31 Å². The lowest BCUT2D eigenvalue weighted by Crippen LogP contribution is -2.50. The summed E-state index contributed by atoms with van der Waals surface area (Å²) in [5.74, 6) is 0.876. The molecular formula is C29H40N2O6S. The van der Waals surface area contributed by atoms with E-state index in [1.807, 2.05) is 38.2 Å². The van der Waals surface area contributed by atoms with Crippen LogP contribution in [0.15, 0.2) is 47.4 Å². The number of carbonyl (C=O) groups excluding carboxylic acids is 1. The van der Waals surface area contributed by atoms with E-state index >= 15 is 0 Å². The third kappa shape index (κ3) is 6.00. The number of fused-ring (bicyclic) bond motifs is 1. The van der Waals surface area contributed by atoms with E-state index in [4.69, 9.17) is 9.47 Å². The van der Waals surface area contributed by atoms with E-state index in [1.165, 1.54) is 10.7 Å². The molecule has 38 heavy (non-hydrogen) atoms. The maximum absolute atomic E-state index is 13.8. The molecule has 1 aliphatic carbocycles. The van der Waals surface area contributed by atoms with Gasteiger partial charge in [0.2, 0.25) is 15.9 Å². The Balaban J connectivity index is 1.72. The molecule has 4 rings (SSSR count). The Hall–Kier alpha value is -2.62. The first kappa shape index (κ1) is 28.4. The summed E-state index contributed by atoms with van der Waals surface area (Å²) >= 11 is 0. The van der Waals surface area contributed by atoms with Gasteiger partial charge in [0, 0.05) is 31.5 Å². The zero-order valence-electron chi connectivity index (χ0n) is 22.8. The molecule has 1 amide bonds. The minimum Gasteiger partial charge on any atom is -0.497 e. The van der Waals surface area contributed by atoms with Crippen molar-refractivity contribution in [1.29, 1.82) is 0 Å². The predicted octanol–water partition coefficient (Wildman–Crippen LogP) is 4.17. The van der Waals surface area contributed by atoms with Crippen LogP contribution in [0.1, 0.15) is 46.0 Å². The molecule has 0 spiro atoms. The fourth-order valence-corrected chi connectivity index (χ4v) is 7.27. The molecule has 1 heterocycles. The van der Waals surface area contributed by atoms with Crippen molar-refractivity contribution < 1.29 is 27.8 Å². The number of ether oxygens (including phenoxy) is 2. The van der Waals surface area contributed by atoms with Crippen molar-refractivity contribution in [3.05, 3.63) is 42.5 Å². The van der Waals surface area contributed by atoms with Crippen molar-refractivity contribution >= 4 is 15.9 Å². The Bertz CT molecular complexity index is 1230. The van der Waals surface area contributed by atoms with Gasteiger partial charge >= 0.3 is 0 Å². The minimum atomic E-state index is -3.94. The van der Waals surface area contributed by atoms with Crippen molar-refractivity contribution in [3.63, 3.8) is 0 Å². The topological polar surface area (TPSA) is 96.4 Å². The number of carbonyl (C=O) groups is 1. The lowest BCUT2D eigenvalue weighted by atomic mass is 9.88. The summed E-state index contributed by atoms with van der Waals surface area (Å²) in [5.41, 5.74) is 1.66. The third-order valence-electron chi connectivity index (χ3n) is 7.85. The van der Waals surface area contributed by atoms with Crippen LogP contribution < -0.4 is 9.47 Å². The second-order valence-electron chi connectivity index (χ2n) is 10.7. The average Bonchev–Trinajstić information content (AvgIpc) is 2.94. The summed E-state index contributed by atoms with van der Waals surface area (Å²) in [4.78, 5) is 15.0. The van der Waals surface area contributed by atoms with Gasteiger partial charge in [-0.3, -0.25) is 4.79 Å². The first-order valence-corrected chi connectivity index (χ1v) is 14.9. The van der Waals surface area contributed by atoms with Crippen LogP contribution in [-0.4, -0.2) is 74.6 Å². The number of amides is 1. The van der Waals surface area contributed by atoms with E-state index in [-0.39, 0.29) is 41.5 Å². The lowest BCUT2D eigenvalue weighted by Gasteiger charge is -2.38. The molecule has 2 aliphatic rings. The molecule has 1 N–H and O–H groups in total. The number of hydrogen-bond acceptors (Lipinski definition) is 6. The highest BCUT2D eigenvalue weighted by Crippen LogP contribution is 2.37. The van der Waals surface area contributed by atoms with Gasteiger partial charge in [-0.05, 0) is 55.2 Å². The first-order chi connectivity index (χ1) is 18.1. The van der Waals surface area contributed by atoms with E-state index in [0.717, 1.165) is 36.8 Å². The molecular weight excluding hydrogens is 504 g/mol. The monoisotopic (exact) mass is 544 g/mol. The number of sulfonamides is 1. The van der Waals surface area contributed by atoms with Gasteiger partial charge in [-0.25, -0.2) is 8.42 Å². The van der Waals surface area contributed by atoms with Gasteiger partial charge in [0.05, 0.1) is 20.3 Å². The van der Waals surface area contributed by atoms with E-state index in [0.29, 0.717) is 12.3 Å². The van der Waals surface area contributed by atoms with Crippen LogP contribution in [0.25, 0.3) is 11.1 Å². The molecule has 0 radical (unpaired) electrons. The van der Waals surface area contributed by atoms with Crippen LogP contribution in [-0.2, 0) is 14.8 Å². The van der Waals surface area contributed by atoms with Gasteiger partial charge in [0.25, 0.3) is 0 Å². The van der Waals surface area contributed by atoms with Crippen LogP contribution in [0.4, 0.5) is 0 Å². The molecule has 208 valence electrons. The van der Waals surface area contributed by atoms with E-state index < -0.39 is 22.2 Å². The average molecular weight is 545 g/mol. The SMILES string of the molecule is COc1cccc(-c2ccc3c(c2)O[C@H](CN(C)C(=O)C2CCCCC2)[C@@H](C)CN([C@H](C)CO)S3(=O)=O)c1. The normalized spacial score (nSPS) is 22.9. The Morgan fingerprint density at radius 3 is 2.55 bits per heavy atom. The minimum absolute atomic E-state index is 0.0378. The molecule has 0 bridgehead atoms. The number of rotatable bonds is 7. The van der Waals surface area contributed by atoms with E-state index in [2.05, 4.69) is 0 Å². The maximum atomic E-state index is 13.8. The second kappa shape index (κ2) is 12.1. The van der Waals surface area contributed by atoms with Gasteiger partial charge in [0.15, 0.2) is 0 Å². The van der Waals surface area contributed by atoms with Gasteiger partial charge in [-0.15, -0.1) is 0 Å². The summed E-state index contributed by atoms with van der Waals surface area (Å²) in [6, 6.07) is 12.0. The molecule has 1 aliphatic heterocycles. The number of aliphatic hydroxyl groups is 1. The Kier molecular flexibility index (Phi) is 9.00. The number of aliphatic hydroxyl groups excluding tert-OH is 1. The summed E-state index contributed by atoms with van der Waals surface area (Å²) in [5, 5.41) is 9.88. The third-order valence-corrected chi connectivity index (χ3v) is 9.87.